The van der Waals surface area contributed by atoms with Gasteiger partial charge in [0.25, 0.3) is 0 Å². The lowest BCUT2D eigenvalue weighted by atomic mass is 9.83. The van der Waals surface area contributed by atoms with Gasteiger partial charge in [0.05, 0.1) is 12.6 Å². The van der Waals surface area contributed by atoms with Crippen LogP contribution in [0.5, 0.6) is 0 Å². The van der Waals surface area contributed by atoms with Gasteiger partial charge in [-0.3, -0.25) is 0 Å². The van der Waals surface area contributed by atoms with Crippen molar-refractivity contribution in [1.29, 1.82) is 0 Å². The van der Waals surface area contributed by atoms with E-state index in [1.807, 2.05) is 4.90 Å². The SMILES string of the molecule is OC[C@H]1[C@H]2CN(c3nc4c(c(C(F)(F)F)n3)CCCC4)C[C@]23CNC[C@H]1O3. The van der Waals surface area contributed by atoms with E-state index in [1.165, 1.54) is 0 Å². The molecule has 4 heterocycles. The van der Waals surface area contributed by atoms with E-state index in [0.717, 1.165) is 12.8 Å². The van der Waals surface area contributed by atoms with Crippen molar-refractivity contribution in [1.82, 2.24) is 15.3 Å². The molecule has 0 saturated carbocycles. The number of nitrogens with one attached hydrogen (secondary N) is 1. The Labute approximate surface area is 155 Å². The minimum Gasteiger partial charge on any atom is -0.396 e. The predicted octanol–water partition coefficient (Wildman–Crippen LogP) is 1.16. The lowest BCUT2D eigenvalue weighted by Gasteiger charge is -2.34. The molecule has 0 amide bonds. The van der Waals surface area contributed by atoms with Gasteiger partial charge in [-0.05, 0) is 25.7 Å². The number of alkyl halides is 3. The zero-order valence-corrected chi connectivity index (χ0v) is 14.9. The van der Waals surface area contributed by atoms with Crippen molar-refractivity contribution in [3.8, 4) is 0 Å². The molecule has 0 radical (unpaired) electrons. The van der Waals surface area contributed by atoms with Crippen molar-refractivity contribution in [2.24, 2.45) is 11.8 Å². The van der Waals surface area contributed by atoms with Gasteiger partial charge in [-0.2, -0.15) is 13.2 Å². The smallest absolute Gasteiger partial charge is 0.396 e. The number of fused-ring (bicyclic) bond motifs is 2. The molecular formula is C18H23F3N4O2. The van der Waals surface area contributed by atoms with Crippen LogP contribution >= 0.6 is 0 Å². The van der Waals surface area contributed by atoms with E-state index in [0.29, 0.717) is 44.7 Å². The van der Waals surface area contributed by atoms with E-state index in [4.69, 9.17) is 4.74 Å². The fourth-order valence-electron chi connectivity index (χ4n) is 5.41. The number of aryl methyl sites for hydroxylation is 1. The third kappa shape index (κ3) is 2.66. The molecule has 3 fully saturated rings. The lowest BCUT2D eigenvalue weighted by molar-refractivity contribution is -0.142. The molecular weight excluding hydrogens is 361 g/mol. The average molecular weight is 384 g/mol. The van der Waals surface area contributed by atoms with Crippen LogP contribution < -0.4 is 10.2 Å². The second-order valence-electron chi connectivity index (χ2n) is 8.19. The minimum atomic E-state index is -4.48. The number of rotatable bonds is 2. The van der Waals surface area contributed by atoms with Crippen LogP contribution in [0.15, 0.2) is 0 Å². The molecule has 1 aromatic rings. The Bertz CT molecular complexity index is 759. The van der Waals surface area contributed by atoms with Crippen molar-refractivity contribution in [2.45, 2.75) is 43.6 Å². The van der Waals surface area contributed by atoms with Crippen molar-refractivity contribution >= 4 is 5.95 Å². The molecule has 4 atom stereocenters. The Morgan fingerprint density at radius 3 is 2.85 bits per heavy atom. The van der Waals surface area contributed by atoms with Gasteiger partial charge in [0.15, 0.2) is 5.69 Å². The fraction of sp³-hybridized carbons (Fsp3) is 0.778. The molecule has 0 unspecified atom stereocenters. The molecule has 4 aliphatic rings. The summed E-state index contributed by atoms with van der Waals surface area (Å²) in [5.41, 5.74) is -0.462. The van der Waals surface area contributed by atoms with Gasteiger partial charge in [0.1, 0.15) is 5.60 Å². The monoisotopic (exact) mass is 384 g/mol. The molecule has 1 aromatic heterocycles. The maximum atomic E-state index is 13.6. The van der Waals surface area contributed by atoms with E-state index in [2.05, 4.69) is 15.3 Å². The highest BCUT2D eigenvalue weighted by atomic mass is 19.4. The van der Waals surface area contributed by atoms with Gasteiger partial charge in [-0.25, -0.2) is 9.97 Å². The van der Waals surface area contributed by atoms with E-state index in [-0.39, 0.29) is 36.1 Å². The first kappa shape index (κ1) is 17.6. The van der Waals surface area contributed by atoms with Crippen LogP contribution in [0.4, 0.5) is 19.1 Å². The molecule has 27 heavy (non-hydrogen) atoms. The number of aliphatic hydroxyl groups is 1. The Kier molecular flexibility index (Phi) is 3.93. The molecule has 3 saturated heterocycles. The number of anilines is 1. The molecule has 3 aliphatic heterocycles. The minimum absolute atomic E-state index is 0.00952. The summed E-state index contributed by atoms with van der Waals surface area (Å²) in [4.78, 5) is 10.3. The van der Waals surface area contributed by atoms with E-state index in [1.54, 1.807) is 0 Å². The number of aromatic nitrogens is 2. The third-order valence-corrected chi connectivity index (χ3v) is 6.64. The fourth-order valence-corrected chi connectivity index (χ4v) is 5.41. The normalized spacial score (nSPS) is 35.3. The summed E-state index contributed by atoms with van der Waals surface area (Å²) in [6.07, 6.45) is -1.96. The second kappa shape index (κ2) is 6.02. The number of hydrogen-bond donors (Lipinski definition) is 2. The summed E-state index contributed by atoms with van der Waals surface area (Å²) < 4.78 is 47.1. The third-order valence-electron chi connectivity index (χ3n) is 6.64. The van der Waals surface area contributed by atoms with Gasteiger partial charge < -0.3 is 20.1 Å². The first-order valence-electron chi connectivity index (χ1n) is 9.62. The van der Waals surface area contributed by atoms with Crippen LogP contribution in [-0.2, 0) is 23.8 Å². The molecule has 148 valence electrons. The molecule has 1 spiro atoms. The first-order chi connectivity index (χ1) is 12.9. The summed E-state index contributed by atoms with van der Waals surface area (Å²) in [5, 5.41) is 13.2. The number of nitrogens with zero attached hydrogens (tertiary/aromatic N) is 3. The number of halogens is 3. The predicted molar refractivity (Wildman–Crippen MR) is 90.4 cm³/mol. The van der Waals surface area contributed by atoms with E-state index in [9.17, 15) is 18.3 Å². The largest absolute Gasteiger partial charge is 0.433 e. The van der Waals surface area contributed by atoms with E-state index >= 15 is 0 Å². The quantitative estimate of drug-likeness (QED) is 0.798. The molecule has 5 rings (SSSR count). The van der Waals surface area contributed by atoms with Gasteiger partial charge >= 0.3 is 6.18 Å². The summed E-state index contributed by atoms with van der Waals surface area (Å²) in [5.74, 6) is 0.204. The van der Waals surface area contributed by atoms with Crippen LogP contribution in [0.1, 0.15) is 29.8 Å². The van der Waals surface area contributed by atoms with Gasteiger partial charge in [0, 0.05) is 49.3 Å². The highest BCUT2D eigenvalue weighted by molar-refractivity contribution is 5.42. The standard InChI is InChI=1S/C18H23F3N4O2/c19-18(20,21)15-10-3-1-2-4-13(10)23-16(24-15)25-6-12-11(7-26)14-5-22-8-17(12,9-25)27-14/h11-12,14,22,26H,1-9H2/t11-,12+,14+,17+/m0/s1. The molecule has 2 N–H and O–H groups in total. The zero-order chi connectivity index (χ0) is 18.8. The number of ether oxygens (including phenoxy) is 1. The van der Waals surface area contributed by atoms with Crippen molar-refractivity contribution in [3.63, 3.8) is 0 Å². The highest BCUT2D eigenvalue weighted by Crippen LogP contribution is 2.48. The summed E-state index contributed by atoms with van der Waals surface area (Å²) in [7, 11) is 0. The van der Waals surface area contributed by atoms with Crippen LogP contribution in [-0.4, -0.2) is 59.6 Å². The van der Waals surface area contributed by atoms with Crippen LogP contribution in [0.3, 0.4) is 0 Å². The molecule has 6 nitrogen and oxygen atoms in total. The van der Waals surface area contributed by atoms with Gasteiger partial charge in [0.2, 0.25) is 5.95 Å². The summed E-state index contributed by atoms with van der Waals surface area (Å²) in [6.45, 7) is 2.33. The lowest BCUT2D eigenvalue weighted by Crippen LogP contribution is -2.52. The van der Waals surface area contributed by atoms with Crippen LogP contribution in [0.25, 0.3) is 0 Å². The van der Waals surface area contributed by atoms with Crippen molar-refractivity contribution < 1.29 is 23.0 Å². The molecule has 0 aromatic carbocycles. The number of hydrogen-bond acceptors (Lipinski definition) is 6. The van der Waals surface area contributed by atoms with Gasteiger partial charge in [-0.15, -0.1) is 0 Å². The maximum Gasteiger partial charge on any atom is 0.433 e. The maximum absolute atomic E-state index is 13.6. The van der Waals surface area contributed by atoms with E-state index < -0.39 is 17.5 Å². The molecule has 1 aliphatic carbocycles. The summed E-state index contributed by atoms with van der Waals surface area (Å²) >= 11 is 0. The molecule has 2 bridgehead atoms. The average Bonchev–Trinajstić information content (AvgIpc) is 3.08. The first-order valence-corrected chi connectivity index (χ1v) is 9.62. The zero-order valence-electron chi connectivity index (χ0n) is 14.9. The Morgan fingerprint density at radius 1 is 1.26 bits per heavy atom. The second-order valence-corrected chi connectivity index (χ2v) is 8.19. The van der Waals surface area contributed by atoms with Crippen LogP contribution in [0, 0.1) is 11.8 Å². The van der Waals surface area contributed by atoms with Gasteiger partial charge in [-0.1, -0.05) is 0 Å². The van der Waals surface area contributed by atoms with Crippen molar-refractivity contribution in [3.05, 3.63) is 17.0 Å². The summed E-state index contributed by atoms with van der Waals surface area (Å²) in [6, 6.07) is 0. The Morgan fingerprint density at radius 2 is 2.07 bits per heavy atom. The topological polar surface area (TPSA) is 70.5 Å². The highest BCUT2D eigenvalue weighted by Gasteiger charge is 2.61. The number of morpholine rings is 1. The Balaban J connectivity index is 1.51. The Hall–Kier alpha value is -1.45. The molecule has 9 heteroatoms. The number of aliphatic hydroxyl groups excluding tert-OH is 1. The van der Waals surface area contributed by atoms with Crippen molar-refractivity contribution in [2.75, 3.05) is 37.7 Å². The van der Waals surface area contributed by atoms with Crippen LogP contribution in [0.2, 0.25) is 0 Å².